The van der Waals surface area contributed by atoms with Gasteiger partial charge >= 0.3 is 6.18 Å². The van der Waals surface area contributed by atoms with Crippen molar-refractivity contribution in [2.24, 2.45) is 5.73 Å². The molecule has 1 fully saturated rings. The van der Waals surface area contributed by atoms with Crippen LogP contribution in [0.25, 0.3) is 11.1 Å². The maximum absolute atomic E-state index is 14.2. The summed E-state index contributed by atoms with van der Waals surface area (Å²) in [5.41, 5.74) is 5.09. The maximum Gasteiger partial charge on any atom is 0.435 e. The van der Waals surface area contributed by atoms with Crippen LogP contribution < -0.4 is 11.1 Å². The number of nitrogens with zero attached hydrogens (tertiary/aromatic N) is 3. The van der Waals surface area contributed by atoms with Crippen LogP contribution in [0, 0.1) is 17.5 Å². The first-order valence-corrected chi connectivity index (χ1v) is 12.8. The zero-order chi connectivity index (χ0) is 30.2. The Morgan fingerprint density at radius 2 is 1.74 bits per heavy atom. The molecule has 218 valence electrons. The van der Waals surface area contributed by atoms with E-state index in [4.69, 9.17) is 5.73 Å². The molecule has 1 saturated carbocycles. The number of primary amides is 1. The van der Waals surface area contributed by atoms with Gasteiger partial charge in [-0.3, -0.25) is 19.3 Å². The Hall–Kier alpha value is -4.68. The van der Waals surface area contributed by atoms with E-state index < -0.39 is 53.7 Å². The van der Waals surface area contributed by atoms with Crippen molar-refractivity contribution >= 4 is 11.8 Å². The average Bonchev–Trinajstić information content (AvgIpc) is 3.66. The third-order valence-electron chi connectivity index (χ3n) is 6.80. The van der Waals surface area contributed by atoms with Gasteiger partial charge in [0.25, 0.3) is 5.91 Å². The van der Waals surface area contributed by atoms with Gasteiger partial charge in [0.15, 0.2) is 5.69 Å². The zero-order valence-electron chi connectivity index (χ0n) is 21.8. The van der Waals surface area contributed by atoms with E-state index in [-0.39, 0.29) is 34.9 Å². The molecule has 0 spiro atoms. The summed E-state index contributed by atoms with van der Waals surface area (Å²) in [6.45, 7) is -0.555. The minimum atomic E-state index is -4.70. The van der Waals surface area contributed by atoms with E-state index in [0.717, 1.165) is 28.9 Å². The van der Waals surface area contributed by atoms with Gasteiger partial charge in [0, 0.05) is 29.4 Å². The molecule has 2 heterocycles. The Morgan fingerprint density at radius 1 is 1.02 bits per heavy atom. The van der Waals surface area contributed by atoms with Gasteiger partial charge in [0.2, 0.25) is 5.91 Å². The molecule has 1 unspecified atom stereocenters. The zero-order valence-corrected chi connectivity index (χ0v) is 21.8. The average molecular weight is 588 g/mol. The van der Waals surface area contributed by atoms with Crippen LogP contribution in [0.2, 0.25) is 0 Å². The summed E-state index contributed by atoms with van der Waals surface area (Å²) in [6.07, 6.45) is -2.13. The summed E-state index contributed by atoms with van der Waals surface area (Å²) >= 11 is 0. The number of nitrogens with two attached hydrogens (primary N) is 1. The van der Waals surface area contributed by atoms with Crippen molar-refractivity contribution in [3.63, 3.8) is 0 Å². The van der Waals surface area contributed by atoms with Crippen molar-refractivity contribution in [1.29, 1.82) is 0 Å². The quantitative estimate of drug-likeness (QED) is 0.254. The van der Waals surface area contributed by atoms with E-state index in [9.17, 15) is 35.9 Å². The molecule has 13 heteroatoms. The number of hydrogen-bond donors (Lipinski definition) is 2. The predicted molar refractivity (Wildman–Crippen MR) is 138 cm³/mol. The summed E-state index contributed by atoms with van der Waals surface area (Å²) in [7, 11) is 0. The first-order chi connectivity index (χ1) is 19.9. The lowest BCUT2D eigenvalue weighted by atomic mass is 9.94. The summed E-state index contributed by atoms with van der Waals surface area (Å²) < 4.78 is 83.3. The van der Waals surface area contributed by atoms with E-state index in [1.807, 2.05) is 0 Å². The summed E-state index contributed by atoms with van der Waals surface area (Å²) in [5.74, 6) is -4.45. The van der Waals surface area contributed by atoms with Gasteiger partial charge in [-0.1, -0.05) is 12.1 Å². The highest BCUT2D eigenvalue weighted by molar-refractivity contribution is 5.94. The van der Waals surface area contributed by atoms with Crippen LogP contribution in [-0.2, 0) is 23.9 Å². The van der Waals surface area contributed by atoms with Crippen LogP contribution in [0.3, 0.4) is 0 Å². The van der Waals surface area contributed by atoms with Crippen LogP contribution in [0.5, 0.6) is 0 Å². The summed E-state index contributed by atoms with van der Waals surface area (Å²) in [4.78, 5) is 29.4. The molecular weight excluding hydrogens is 564 g/mol. The second-order valence-electron chi connectivity index (χ2n) is 9.98. The predicted octanol–water partition coefficient (Wildman–Crippen LogP) is 5.46. The molecular formula is C29H23F6N5O2. The van der Waals surface area contributed by atoms with Crippen molar-refractivity contribution in [2.45, 2.75) is 43.9 Å². The number of rotatable bonds is 9. The molecule has 1 atom stereocenters. The topological polar surface area (TPSA) is 103 Å². The monoisotopic (exact) mass is 587 g/mol. The van der Waals surface area contributed by atoms with Gasteiger partial charge in [-0.2, -0.15) is 18.3 Å². The van der Waals surface area contributed by atoms with Gasteiger partial charge in [-0.05, 0) is 66.8 Å². The summed E-state index contributed by atoms with van der Waals surface area (Å²) in [6, 6.07) is 9.45. The standard InChI is InChI=1S/C29H23F6N5O2/c30-18-8-15(9-19(31)12-18)10-23(27-20(2-1-7-37-27)17-5-6-22(32)21(11-17)28(36)42)38-26(41)14-40-24(16-3-4-16)13-25(39-40)29(33,34)35/h1-2,5-9,11-13,16,23H,3-4,10,14H2,(H2,36,42)(H,38,41). The molecule has 2 aromatic carbocycles. The lowest BCUT2D eigenvalue weighted by molar-refractivity contribution is -0.141. The molecule has 1 aliphatic rings. The van der Waals surface area contributed by atoms with Crippen LogP contribution in [-0.4, -0.2) is 26.6 Å². The molecule has 0 bridgehead atoms. The maximum atomic E-state index is 14.2. The lowest BCUT2D eigenvalue weighted by Gasteiger charge is -2.22. The van der Waals surface area contributed by atoms with Gasteiger partial charge in [-0.25, -0.2) is 13.2 Å². The van der Waals surface area contributed by atoms with Gasteiger partial charge in [0.1, 0.15) is 24.0 Å². The largest absolute Gasteiger partial charge is 0.435 e. The van der Waals surface area contributed by atoms with E-state index in [1.54, 1.807) is 12.1 Å². The van der Waals surface area contributed by atoms with E-state index >= 15 is 0 Å². The Bertz CT molecular complexity index is 1640. The molecule has 3 N–H and O–H groups in total. The van der Waals surface area contributed by atoms with E-state index in [1.165, 1.54) is 18.3 Å². The Labute approximate surface area is 235 Å². The molecule has 4 aromatic rings. The number of pyridine rings is 1. The molecule has 2 aromatic heterocycles. The summed E-state index contributed by atoms with van der Waals surface area (Å²) in [5, 5.41) is 6.31. The van der Waals surface area contributed by atoms with Crippen LogP contribution in [0.1, 0.15) is 57.8 Å². The van der Waals surface area contributed by atoms with Gasteiger partial charge < -0.3 is 11.1 Å². The van der Waals surface area contributed by atoms with Crippen molar-refractivity contribution < 1.29 is 35.9 Å². The Morgan fingerprint density at radius 3 is 2.38 bits per heavy atom. The highest BCUT2D eigenvalue weighted by Gasteiger charge is 2.38. The number of aromatic nitrogens is 3. The number of carbonyl (C=O) groups excluding carboxylic acids is 2. The Kier molecular flexibility index (Phi) is 7.76. The van der Waals surface area contributed by atoms with Crippen molar-refractivity contribution in [3.05, 3.63) is 106 Å². The fraction of sp³-hybridized carbons (Fsp3) is 0.241. The minimum absolute atomic E-state index is 0.146. The molecule has 0 aliphatic heterocycles. The minimum Gasteiger partial charge on any atom is -0.366 e. The van der Waals surface area contributed by atoms with Gasteiger partial charge in [0.05, 0.1) is 17.3 Å². The van der Waals surface area contributed by atoms with Crippen LogP contribution in [0.4, 0.5) is 26.3 Å². The molecule has 0 radical (unpaired) electrons. The molecule has 5 rings (SSSR count). The van der Waals surface area contributed by atoms with Gasteiger partial charge in [-0.15, -0.1) is 0 Å². The lowest BCUT2D eigenvalue weighted by Crippen LogP contribution is -2.34. The fourth-order valence-corrected chi connectivity index (χ4v) is 4.78. The normalized spacial score (nSPS) is 14.0. The van der Waals surface area contributed by atoms with Crippen molar-refractivity contribution in [3.8, 4) is 11.1 Å². The molecule has 2 amide bonds. The SMILES string of the molecule is NC(=O)c1cc(-c2cccnc2C(Cc2cc(F)cc(F)c2)NC(=O)Cn2nc(C(F)(F)F)cc2C2CC2)ccc1F. The number of alkyl halides is 3. The highest BCUT2D eigenvalue weighted by Crippen LogP contribution is 2.42. The first kappa shape index (κ1) is 28.8. The van der Waals surface area contributed by atoms with E-state index in [2.05, 4.69) is 15.4 Å². The number of carbonyl (C=O) groups is 2. The number of hydrogen-bond acceptors (Lipinski definition) is 4. The number of nitrogens with one attached hydrogen (secondary N) is 1. The number of benzene rings is 2. The molecule has 0 saturated heterocycles. The molecule has 7 nitrogen and oxygen atoms in total. The van der Waals surface area contributed by atoms with Crippen molar-refractivity contribution in [1.82, 2.24) is 20.1 Å². The number of halogens is 6. The molecule has 1 aliphatic carbocycles. The van der Waals surface area contributed by atoms with E-state index in [0.29, 0.717) is 30.0 Å². The third-order valence-corrected chi connectivity index (χ3v) is 6.80. The smallest absolute Gasteiger partial charge is 0.366 e. The fourth-order valence-electron chi connectivity index (χ4n) is 4.78. The van der Waals surface area contributed by atoms with Crippen LogP contribution in [0.15, 0.2) is 60.8 Å². The second kappa shape index (κ2) is 11.3. The van der Waals surface area contributed by atoms with Crippen LogP contribution >= 0.6 is 0 Å². The first-order valence-electron chi connectivity index (χ1n) is 12.8. The second-order valence-corrected chi connectivity index (χ2v) is 9.98. The number of amides is 2. The third kappa shape index (κ3) is 6.45. The van der Waals surface area contributed by atoms with Crippen molar-refractivity contribution in [2.75, 3.05) is 0 Å². The molecule has 42 heavy (non-hydrogen) atoms. The highest BCUT2D eigenvalue weighted by atomic mass is 19.4. The Balaban J connectivity index is 1.51.